The number of pyridine rings is 2. The minimum atomic E-state index is -0.488. The summed E-state index contributed by atoms with van der Waals surface area (Å²) in [6.45, 7) is 0. The molecule has 0 radical (unpaired) electrons. The number of nitrogens with zero attached hydrogens (tertiary/aromatic N) is 4. The van der Waals surface area contributed by atoms with Gasteiger partial charge in [0, 0.05) is 11.8 Å². The summed E-state index contributed by atoms with van der Waals surface area (Å²) >= 11 is 9.18. The summed E-state index contributed by atoms with van der Waals surface area (Å²) in [5.41, 5.74) is 7.33. The van der Waals surface area contributed by atoms with Crippen LogP contribution in [-0.4, -0.2) is 25.8 Å². The largest absolute Gasteiger partial charge is 0.364 e. The molecular formula is C19H16ClN5OS2. The molecule has 2 aliphatic carbocycles. The van der Waals surface area contributed by atoms with Gasteiger partial charge in [-0.1, -0.05) is 11.6 Å². The quantitative estimate of drug-likeness (QED) is 0.468. The van der Waals surface area contributed by atoms with Crippen LogP contribution >= 0.6 is 34.3 Å². The number of nitrogens with two attached hydrogens (primary N) is 1. The highest BCUT2D eigenvalue weighted by Crippen LogP contribution is 2.44. The molecule has 0 aromatic carbocycles. The third-order valence-corrected chi connectivity index (χ3v) is 7.22. The molecule has 4 heterocycles. The van der Waals surface area contributed by atoms with Crippen molar-refractivity contribution in [2.45, 2.75) is 37.5 Å². The molecule has 2 N–H and O–H groups in total. The number of fused-ring (bicyclic) bond motifs is 2. The van der Waals surface area contributed by atoms with Crippen LogP contribution in [0.15, 0.2) is 24.5 Å². The number of rotatable bonds is 3. The molecule has 0 aliphatic heterocycles. The Morgan fingerprint density at radius 2 is 1.46 bits per heavy atom. The van der Waals surface area contributed by atoms with E-state index < -0.39 is 5.91 Å². The lowest BCUT2D eigenvalue weighted by Crippen LogP contribution is -2.12. The van der Waals surface area contributed by atoms with Gasteiger partial charge in [-0.05, 0) is 37.8 Å². The predicted molar refractivity (Wildman–Crippen MR) is 112 cm³/mol. The van der Waals surface area contributed by atoms with Crippen LogP contribution in [0.2, 0.25) is 5.15 Å². The smallest absolute Gasteiger partial charge is 0.267 e. The summed E-state index contributed by atoms with van der Waals surface area (Å²) in [4.78, 5) is 27.9. The number of halogens is 1. The fourth-order valence-corrected chi connectivity index (χ4v) is 5.33. The van der Waals surface area contributed by atoms with Gasteiger partial charge >= 0.3 is 0 Å². The van der Waals surface area contributed by atoms with Gasteiger partial charge in [-0.3, -0.25) is 4.79 Å². The van der Waals surface area contributed by atoms with Gasteiger partial charge in [0.05, 0.1) is 42.8 Å². The lowest BCUT2D eigenvalue weighted by Gasteiger charge is -1.91. The number of primary amides is 1. The normalized spacial score (nSPS) is 16.2. The molecule has 142 valence electrons. The van der Waals surface area contributed by atoms with Crippen LogP contribution in [0.4, 0.5) is 0 Å². The minimum Gasteiger partial charge on any atom is -0.364 e. The average molecular weight is 430 g/mol. The molecule has 0 bridgehead atoms. The summed E-state index contributed by atoms with van der Waals surface area (Å²) in [5, 5.41) is 2.96. The van der Waals surface area contributed by atoms with Gasteiger partial charge in [0.15, 0.2) is 0 Å². The second kappa shape index (κ2) is 7.02. The summed E-state index contributed by atoms with van der Waals surface area (Å²) in [6, 6.07) is 3.61. The molecular weight excluding hydrogens is 414 g/mol. The van der Waals surface area contributed by atoms with Crippen LogP contribution in [0.1, 0.15) is 58.0 Å². The molecule has 4 aromatic rings. The van der Waals surface area contributed by atoms with Crippen molar-refractivity contribution in [2.24, 2.45) is 5.73 Å². The van der Waals surface area contributed by atoms with E-state index >= 15 is 0 Å². The van der Waals surface area contributed by atoms with E-state index in [0.717, 1.165) is 31.4 Å². The van der Waals surface area contributed by atoms with Gasteiger partial charge in [0.2, 0.25) is 0 Å². The third-order valence-electron chi connectivity index (χ3n) is 4.65. The summed E-state index contributed by atoms with van der Waals surface area (Å²) < 4.78 is 2.16. The molecule has 28 heavy (non-hydrogen) atoms. The highest BCUT2D eigenvalue weighted by molar-refractivity contribution is 7.19. The molecule has 2 saturated carbocycles. The maximum absolute atomic E-state index is 10.9. The molecule has 6 nitrogen and oxygen atoms in total. The van der Waals surface area contributed by atoms with Crippen molar-refractivity contribution < 1.29 is 4.79 Å². The van der Waals surface area contributed by atoms with Gasteiger partial charge in [0.25, 0.3) is 5.91 Å². The van der Waals surface area contributed by atoms with Gasteiger partial charge in [-0.2, -0.15) is 0 Å². The SMILES string of the molecule is Clc1cc2sc(C3CC3)nc2cn1.NC(=O)c1cc2sc(C3CC3)nc2cn1. The molecule has 6 rings (SSSR count). The Hall–Kier alpha value is -2.16. The molecule has 0 spiro atoms. The van der Waals surface area contributed by atoms with Crippen molar-refractivity contribution >= 4 is 60.6 Å². The van der Waals surface area contributed by atoms with E-state index in [1.165, 1.54) is 30.7 Å². The van der Waals surface area contributed by atoms with E-state index in [2.05, 4.69) is 19.9 Å². The van der Waals surface area contributed by atoms with Gasteiger partial charge < -0.3 is 5.73 Å². The lowest BCUT2D eigenvalue weighted by atomic mass is 10.3. The molecule has 4 aromatic heterocycles. The summed E-state index contributed by atoms with van der Waals surface area (Å²) in [7, 11) is 0. The first-order valence-corrected chi connectivity index (χ1v) is 11.1. The number of carbonyl (C=O) groups is 1. The van der Waals surface area contributed by atoms with Crippen LogP contribution in [0.25, 0.3) is 20.4 Å². The van der Waals surface area contributed by atoms with Crippen LogP contribution in [-0.2, 0) is 0 Å². The monoisotopic (exact) mass is 429 g/mol. The van der Waals surface area contributed by atoms with Crippen LogP contribution in [0.3, 0.4) is 0 Å². The zero-order valence-electron chi connectivity index (χ0n) is 14.8. The van der Waals surface area contributed by atoms with Gasteiger partial charge in [0.1, 0.15) is 10.8 Å². The van der Waals surface area contributed by atoms with Gasteiger partial charge in [-0.25, -0.2) is 19.9 Å². The number of thiazole rings is 2. The zero-order valence-corrected chi connectivity index (χ0v) is 17.2. The van der Waals surface area contributed by atoms with E-state index in [1.807, 2.05) is 6.07 Å². The second-order valence-corrected chi connectivity index (χ2v) is 9.54. The molecule has 2 aliphatic rings. The summed E-state index contributed by atoms with van der Waals surface area (Å²) in [5.74, 6) is 0.869. The standard InChI is InChI=1S/C10H9N3OS.C9H7ClN2S/c11-9(14)6-3-8-7(4-12-6)13-10(15-8)5-1-2-5;10-8-3-7-6(4-11-8)12-9(13-7)5-1-2-5/h3-5H,1-2H2,(H2,11,14);3-5H,1-2H2. The van der Waals surface area contributed by atoms with Crippen molar-refractivity contribution in [3.05, 3.63) is 45.4 Å². The Balaban J connectivity index is 0.000000123. The highest BCUT2D eigenvalue weighted by atomic mass is 35.5. The fraction of sp³-hybridized carbons (Fsp3) is 0.316. The topological polar surface area (TPSA) is 94.7 Å². The van der Waals surface area contributed by atoms with Crippen LogP contribution in [0, 0.1) is 0 Å². The highest BCUT2D eigenvalue weighted by Gasteiger charge is 2.27. The fourth-order valence-electron chi connectivity index (χ4n) is 2.82. The van der Waals surface area contributed by atoms with E-state index in [4.69, 9.17) is 17.3 Å². The molecule has 0 unspecified atom stereocenters. The Morgan fingerprint density at radius 3 is 2.00 bits per heavy atom. The van der Waals surface area contributed by atoms with Crippen LogP contribution in [0.5, 0.6) is 0 Å². The molecule has 1 amide bonds. The lowest BCUT2D eigenvalue weighted by molar-refractivity contribution is 0.0996. The van der Waals surface area contributed by atoms with Crippen molar-refractivity contribution in [1.29, 1.82) is 0 Å². The van der Waals surface area contributed by atoms with E-state index in [-0.39, 0.29) is 0 Å². The first-order valence-electron chi connectivity index (χ1n) is 9.05. The maximum atomic E-state index is 10.9. The average Bonchev–Trinajstić information content (AvgIpc) is 3.61. The number of hydrogen-bond donors (Lipinski definition) is 1. The number of hydrogen-bond acceptors (Lipinski definition) is 7. The maximum Gasteiger partial charge on any atom is 0.267 e. The molecule has 0 saturated heterocycles. The molecule has 2 fully saturated rings. The number of amides is 1. The van der Waals surface area contributed by atoms with Crippen molar-refractivity contribution in [3.63, 3.8) is 0 Å². The van der Waals surface area contributed by atoms with E-state index in [0.29, 0.717) is 16.8 Å². The first kappa shape index (κ1) is 17.9. The number of carbonyl (C=O) groups excluding carboxylic acids is 1. The number of aromatic nitrogens is 4. The Morgan fingerprint density at radius 1 is 0.929 bits per heavy atom. The van der Waals surface area contributed by atoms with Crippen molar-refractivity contribution in [3.8, 4) is 0 Å². The van der Waals surface area contributed by atoms with E-state index in [1.54, 1.807) is 41.1 Å². The summed E-state index contributed by atoms with van der Waals surface area (Å²) in [6.07, 6.45) is 8.42. The van der Waals surface area contributed by atoms with Crippen molar-refractivity contribution in [1.82, 2.24) is 19.9 Å². The van der Waals surface area contributed by atoms with Crippen LogP contribution < -0.4 is 5.73 Å². The zero-order chi connectivity index (χ0) is 19.3. The Kier molecular flexibility index (Phi) is 4.49. The Labute approximate surface area is 173 Å². The second-order valence-electron chi connectivity index (χ2n) is 7.03. The van der Waals surface area contributed by atoms with E-state index in [9.17, 15) is 4.79 Å². The third kappa shape index (κ3) is 3.72. The van der Waals surface area contributed by atoms with Crippen molar-refractivity contribution in [2.75, 3.05) is 0 Å². The van der Waals surface area contributed by atoms with Gasteiger partial charge in [-0.15, -0.1) is 22.7 Å². The first-order chi connectivity index (χ1) is 13.6. The molecule has 9 heteroatoms. The Bertz CT molecular complexity index is 1200. The minimum absolute atomic E-state index is 0.313. The molecule has 0 atom stereocenters. The predicted octanol–water partition coefficient (Wildman–Crippen LogP) is 4.89.